The van der Waals surface area contributed by atoms with Gasteiger partial charge in [0.15, 0.2) is 5.11 Å². The van der Waals surface area contributed by atoms with Crippen molar-refractivity contribution in [2.45, 2.75) is 27.2 Å². The quantitative estimate of drug-likeness (QED) is 0.766. The van der Waals surface area contributed by atoms with E-state index in [1.807, 2.05) is 26.8 Å². The maximum atomic E-state index is 12.4. The highest BCUT2D eigenvalue weighted by Gasteiger charge is 2.14. The Labute approximate surface area is 150 Å². The van der Waals surface area contributed by atoms with E-state index in [0.717, 1.165) is 11.4 Å². The first kappa shape index (κ1) is 18.3. The van der Waals surface area contributed by atoms with E-state index in [1.165, 1.54) is 11.3 Å². The van der Waals surface area contributed by atoms with Gasteiger partial charge in [-0.1, -0.05) is 44.2 Å². The van der Waals surface area contributed by atoms with Gasteiger partial charge >= 0.3 is 0 Å². The Kier molecular flexibility index (Phi) is 6.62. The zero-order chi connectivity index (χ0) is 17.5. The van der Waals surface area contributed by atoms with E-state index in [0.29, 0.717) is 29.0 Å². The molecule has 1 aromatic heterocycles. The lowest BCUT2D eigenvalue weighted by Gasteiger charge is -2.13. The van der Waals surface area contributed by atoms with Gasteiger partial charge in [0.2, 0.25) is 5.13 Å². The molecule has 0 saturated carbocycles. The molecule has 1 heterocycles. The molecule has 128 valence electrons. The van der Waals surface area contributed by atoms with Gasteiger partial charge in [0.1, 0.15) is 10.8 Å². The third-order valence-corrected chi connectivity index (χ3v) is 4.11. The molecule has 8 heteroatoms. The summed E-state index contributed by atoms with van der Waals surface area (Å²) in [6.45, 7) is 6.64. The maximum Gasteiger partial charge on any atom is 0.261 e. The van der Waals surface area contributed by atoms with Crippen LogP contribution in [0.15, 0.2) is 24.3 Å². The molecule has 0 spiro atoms. The Morgan fingerprint density at radius 1 is 1.33 bits per heavy atom. The Morgan fingerprint density at radius 2 is 2.08 bits per heavy atom. The average molecular weight is 364 g/mol. The molecule has 2 aromatic rings. The van der Waals surface area contributed by atoms with Crippen molar-refractivity contribution in [3.05, 3.63) is 34.8 Å². The topological polar surface area (TPSA) is 76.1 Å². The van der Waals surface area contributed by atoms with Crippen molar-refractivity contribution in [3.63, 3.8) is 0 Å². The number of hydrogen-bond donors (Lipinski definition) is 2. The average Bonchev–Trinajstić information content (AvgIpc) is 3.00. The fraction of sp³-hybridized carbons (Fsp3) is 0.375. The number of nitrogens with one attached hydrogen (secondary N) is 2. The predicted octanol–water partition coefficient (Wildman–Crippen LogP) is 3.26. The van der Waals surface area contributed by atoms with Crippen molar-refractivity contribution in [3.8, 4) is 5.75 Å². The van der Waals surface area contributed by atoms with Crippen molar-refractivity contribution >= 4 is 39.7 Å². The molecule has 24 heavy (non-hydrogen) atoms. The fourth-order valence-electron chi connectivity index (χ4n) is 1.78. The Bertz CT molecular complexity index is 716. The second-order valence-electron chi connectivity index (χ2n) is 5.46. The summed E-state index contributed by atoms with van der Waals surface area (Å²) < 4.78 is 5.69. The van der Waals surface area contributed by atoms with Crippen LogP contribution in [-0.4, -0.2) is 27.8 Å². The lowest BCUT2D eigenvalue weighted by Crippen LogP contribution is -2.34. The molecule has 0 aliphatic rings. The van der Waals surface area contributed by atoms with Crippen LogP contribution in [0.1, 0.15) is 36.1 Å². The number of aryl methyl sites for hydroxylation is 1. The van der Waals surface area contributed by atoms with Crippen LogP contribution < -0.4 is 15.4 Å². The van der Waals surface area contributed by atoms with E-state index >= 15 is 0 Å². The van der Waals surface area contributed by atoms with Gasteiger partial charge in [-0.3, -0.25) is 10.1 Å². The van der Waals surface area contributed by atoms with Crippen LogP contribution >= 0.6 is 23.6 Å². The summed E-state index contributed by atoms with van der Waals surface area (Å²) in [4.78, 5) is 12.4. The van der Waals surface area contributed by atoms with Crippen LogP contribution in [-0.2, 0) is 6.42 Å². The van der Waals surface area contributed by atoms with Crippen LogP contribution in [0.4, 0.5) is 5.13 Å². The van der Waals surface area contributed by atoms with Gasteiger partial charge in [0.05, 0.1) is 12.2 Å². The van der Waals surface area contributed by atoms with Gasteiger partial charge < -0.3 is 10.1 Å². The largest absolute Gasteiger partial charge is 0.492 e. The Morgan fingerprint density at radius 3 is 2.75 bits per heavy atom. The molecular formula is C16H20N4O2S2. The molecule has 0 atom stereocenters. The zero-order valence-electron chi connectivity index (χ0n) is 13.8. The third-order valence-electron chi connectivity index (χ3n) is 2.92. The first-order valence-corrected chi connectivity index (χ1v) is 8.88. The van der Waals surface area contributed by atoms with Crippen LogP contribution in [0.25, 0.3) is 0 Å². The molecule has 0 fully saturated rings. The van der Waals surface area contributed by atoms with Crippen molar-refractivity contribution in [1.82, 2.24) is 15.5 Å². The SMILES string of the molecule is CCc1nnc(NC(=S)NC(=O)c2ccccc2OCC(C)C)s1. The lowest BCUT2D eigenvalue weighted by atomic mass is 10.2. The number of thiocarbonyl (C=S) groups is 1. The van der Waals surface area contributed by atoms with Crippen LogP contribution in [0, 0.1) is 5.92 Å². The first-order valence-electron chi connectivity index (χ1n) is 7.66. The number of benzene rings is 1. The van der Waals surface area contributed by atoms with E-state index in [-0.39, 0.29) is 11.0 Å². The molecule has 1 aromatic carbocycles. The molecule has 2 N–H and O–H groups in total. The van der Waals surface area contributed by atoms with Gasteiger partial charge in [0.25, 0.3) is 5.91 Å². The van der Waals surface area contributed by atoms with Crippen molar-refractivity contribution in [1.29, 1.82) is 0 Å². The second kappa shape index (κ2) is 8.70. The molecule has 6 nitrogen and oxygen atoms in total. The number of hydrogen-bond acceptors (Lipinski definition) is 6. The number of carbonyl (C=O) groups is 1. The molecule has 0 radical (unpaired) electrons. The van der Waals surface area contributed by atoms with Crippen molar-refractivity contribution < 1.29 is 9.53 Å². The van der Waals surface area contributed by atoms with E-state index in [1.54, 1.807) is 18.2 Å². The number of amides is 1. The molecule has 2 rings (SSSR count). The number of anilines is 1. The Balaban J connectivity index is 1.99. The summed E-state index contributed by atoms with van der Waals surface area (Å²) in [5.74, 6) is 0.580. The van der Waals surface area contributed by atoms with Gasteiger partial charge in [-0.25, -0.2) is 0 Å². The molecule has 0 saturated heterocycles. The first-order chi connectivity index (χ1) is 11.5. The highest BCUT2D eigenvalue weighted by molar-refractivity contribution is 7.80. The summed E-state index contributed by atoms with van der Waals surface area (Å²) in [5, 5.41) is 15.1. The third kappa shape index (κ3) is 5.24. The highest BCUT2D eigenvalue weighted by Crippen LogP contribution is 2.19. The van der Waals surface area contributed by atoms with Crippen molar-refractivity contribution in [2.75, 3.05) is 11.9 Å². The van der Waals surface area contributed by atoms with Gasteiger partial charge in [-0.2, -0.15) is 0 Å². The number of aromatic nitrogens is 2. The lowest BCUT2D eigenvalue weighted by molar-refractivity contribution is 0.0973. The fourth-order valence-corrected chi connectivity index (χ4v) is 2.72. The minimum absolute atomic E-state index is 0.178. The van der Waals surface area contributed by atoms with Crippen molar-refractivity contribution in [2.24, 2.45) is 5.92 Å². The van der Waals surface area contributed by atoms with Gasteiger partial charge in [0, 0.05) is 0 Å². The van der Waals surface area contributed by atoms with Crippen LogP contribution in [0.3, 0.4) is 0 Å². The summed E-state index contributed by atoms with van der Waals surface area (Å²) in [5.41, 5.74) is 0.439. The van der Waals surface area contributed by atoms with Gasteiger partial charge in [-0.15, -0.1) is 10.2 Å². The predicted molar refractivity (Wildman–Crippen MR) is 99.7 cm³/mol. The zero-order valence-corrected chi connectivity index (χ0v) is 15.5. The summed E-state index contributed by atoms with van der Waals surface area (Å²) in [7, 11) is 0. The van der Waals surface area contributed by atoms with E-state index in [9.17, 15) is 4.79 Å². The molecule has 1 amide bonds. The minimum atomic E-state index is -0.327. The summed E-state index contributed by atoms with van der Waals surface area (Å²) in [6.07, 6.45) is 0.805. The van der Waals surface area contributed by atoms with Crippen LogP contribution in [0.5, 0.6) is 5.75 Å². The van der Waals surface area contributed by atoms with E-state index in [2.05, 4.69) is 20.8 Å². The smallest absolute Gasteiger partial charge is 0.261 e. The number of carbonyl (C=O) groups excluding carboxylic acids is 1. The minimum Gasteiger partial charge on any atom is -0.492 e. The molecule has 0 aliphatic heterocycles. The number of para-hydroxylation sites is 1. The Hall–Kier alpha value is -2.06. The van der Waals surface area contributed by atoms with E-state index < -0.39 is 0 Å². The number of rotatable bonds is 6. The van der Waals surface area contributed by atoms with Crippen LogP contribution in [0.2, 0.25) is 0 Å². The number of ether oxygens (including phenoxy) is 1. The number of nitrogens with zero attached hydrogens (tertiary/aromatic N) is 2. The highest BCUT2D eigenvalue weighted by atomic mass is 32.1. The summed E-state index contributed by atoms with van der Waals surface area (Å²) >= 11 is 6.56. The van der Waals surface area contributed by atoms with Gasteiger partial charge in [-0.05, 0) is 36.7 Å². The standard InChI is InChI=1S/C16H20N4O2S2/c1-4-13-19-20-16(24-13)18-15(23)17-14(21)11-7-5-6-8-12(11)22-9-10(2)3/h5-8,10H,4,9H2,1-3H3,(H2,17,18,20,21,23). The normalized spacial score (nSPS) is 10.5. The molecule has 0 bridgehead atoms. The second-order valence-corrected chi connectivity index (χ2v) is 6.93. The molecular weight excluding hydrogens is 344 g/mol. The van der Waals surface area contributed by atoms with E-state index in [4.69, 9.17) is 17.0 Å². The molecule has 0 unspecified atom stereocenters. The maximum absolute atomic E-state index is 12.4. The monoisotopic (exact) mass is 364 g/mol. The molecule has 0 aliphatic carbocycles. The summed E-state index contributed by atoms with van der Waals surface area (Å²) in [6, 6.07) is 7.09.